The van der Waals surface area contributed by atoms with Gasteiger partial charge >= 0.3 is 14.2 Å². The molecule has 0 N–H and O–H groups in total. The molecule has 5 aliphatic rings. The number of fused-ring (bicyclic) bond motifs is 1. The number of allylic oxidation sites excluding steroid dienone is 8. The molecular weight excluding hydrogens is 613 g/mol. The van der Waals surface area contributed by atoms with Gasteiger partial charge in [-0.3, -0.25) is 0 Å². The van der Waals surface area contributed by atoms with Crippen molar-refractivity contribution in [3.05, 3.63) is 121 Å². The predicted octanol–water partition coefficient (Wildman–Crippen LogP) is 9.35. The van der Waals surface area contributed by atoms with Crippen molar-refractivity contribution in [3.63, 3.8) is 0 Å². The first-order valence-electron chi connectivity index (χ1n) is 16.3. The summed E-state index contributed by atoms with van der Waals surface area (Å²) in [5.41, 5.74) is 5.58. The van der Waals surface area contributed by atoms with E-state index in [0.717, 1.165) is 23.9 Å². The van der Waals surface area contributed by atoms with Crippen LogP contribution in [0.25, 0.3) is 11.1 Å². The molecule has 4 nitrogen and oxygen atoms in total. The molecule has 2 radical (unpaired) electrons. The molecule has 0 amide bonds. The van der Waals surface area contributed by atoms with Gasteiger partial charge in [-0.15, -0.1) is 0 Å². The summed E-state index contributed by atoms with van der Waals surface area (Å²) in [6.45, 7) is 17.1. The average Bonchev–Trinajstić information content (AvgIpc) is 3.77. The maximum absolute atomic E-state index is 6.85. The first-order valence-corrected chi connectivity index (χ1v) is 16.3. The normalized spacial score (nSPS) is 26.3. The van der Waals surface area contributed by atoms with Crippen molar-refractivity contribution in [2.45, 2.75) is 97.1 Å². The number of benzene rings is 2. The van der Waals surface area contributed by atoms with Gasteiger partial charge in [0, 0.05) is 23.2 Å². The molecule has 0 unspecified atom stereocenters. The molecule has 2 atom stereocenters. The molecule has 3 fully saturated rings. The SMILES string of the molecule is CC1(C)OB(C2=C(c3ccccc3)[C@@H]3CCC[C@@H]3C(B3OC(C)(C)C(C)(C)O3)=C2c2ccccc2)OC1(C)C.[CH3-].[CH]1C=CC=C1.[Co]. The van der Waals surface area contributed by atoms with Gasteiger partial charge in [-0.1, -0.05) is 91.4 Å². The third-order valence-corrected chi connectivity index (χ3v) is 10.8. The Bertz CT molecular complexity index is 1450. The van der Waals surface area contributed by atoms with E-state index in [9.17, 15) is 0 Å². The molecule has 46 heavy (non-hydrogen) atoms. The molecular formula is C39H50B2CoO4-. The van der Waals surface area contributed by atoms with Crippen molar-refractivity contribution in [1.82, 2.24) is 0 Å². The van der Waals surface area contributed by atoms with Crippen LogP contribution in [0.5, 0.6) is 0 Å². The summed E-state index contributed by atoms with van der Waals surface area (Å²) in [6.07, 6.45) is 13.4. The molecule has 3 aliphatic carbocycles. The van der Waals surface area contributed by atoms with Crippen LogP contribution in [0, 0.1) is 25.7 Å². The quantitative estimate of drug-likeness (QED) is 0.242. The van der Waals surface area contributed by atoms with E-state index >= 15 is 0 Å². The van der Waals surface area contributed by atoms with Crippen LogP contribution < -0.4 is 0 Å². The Morgan fingerprint density at radius 3 is 1.46 bits per heavy atom. The Kier molecular flexibility index (Phi) is 11.0. The van der Waals surface area contributed by atoms with E-state index in [2.05, 4.69) is 116 Å². The molecule has 2 aromatic rings. The van der Waals surface area contributed by atoms with E-state index in [0.29, 0.717) is 11.8 Å². The van der Waals surface area contributed by atoms with Gasteiger partial charge in [0.05, 0.1) is 22.4 Å². The van der Waals surface area contributed by atoms with Gasteiger partial charge in [-0.25, -0.2) is 0 Å². The van der Waals surface area contributed by atoms with Crippen LogP contribution in [-0.4, -0.2) is 36.6 Å². The maximum Gasteiger partial charge on any atom is 0.495 e. The van der Waals surface area contributed by atoms with Gasteiger partial charge in [-0.05, 0) is 113 Å². The number of hydrogen-bond acceptors (Lipinski definition) is 4. The Hall–Kier alpha value is -2.12. The van der Waals surface area contributed by atoms with Crippen LogP contribution >= 0.6 is 0 Å². The fourth-order valence-electron chi connectivity index (χ4n) is 7.06. The minimum Gasteiger partial charge on any atom is -0.400 e. The Labute approximate surface area is 289 Å². The van der Waals surface area contributed by atoms with E-state index < -0.39 is 36.6 Å². The Morgan fingerprint density at radius 1 is 0.565 bits per heavy atom. The second-order valence-corrected chi connectivity index (χ2v) is 14.7. The summed E-state index contributed by atoms with van der Waals surface area (Å²) in [7, 11) is -0.926. The van der Waals surface area contributed by atoms with Gasteiger partial charge < -0.3 is 26.0 Å². The zero-order valence-corrected chi connectivity index (χ0v) is 30.1. The molecule has 246 valence electrons. The van der Waals surface area contributed by atoms with Crippen molar-refractivity contribution in [2.75, 3.05) is 0 Å². The molecule has 2 aromatic carbocycles. The molecule has 2 aliphatic heterocycles. The summed E-state index contributed by atoms with van der Waals surface area (Å²) >= 11 is 0. The minimum absolute atomic E-state index is 0. The van der Waals surface area contributed by atoms with Crippen molar-refractivity contribution in [2.24, 2.45) is 11.8 Å². The molecule has 1 saturated carbocycles. The van der Waals surface area contributed by atoms with Gasteiger partial charge in [-0.2, -0.15) is 0 Å². The molecule has 0 bridgehead atoms. The molecule has 2 saturated heterocycles. The third-order valence-electron chi connectivity index (χ3n) is 10.8. The predicted molar refractivity (Wildman–Crippen MR) is 189 cm³/mol. The molecule has 7 rings (SSSR count). The fourth-order valence-corrected chi connectivity index (χ4v) is 7.06. The summed E-state index contributed by atoms with van der Waals surface area (Å²) in [6, 6.07) is 21.6. The van der Waals surface area contributed by atoms with Crippen molar-refractivity contribution in [3.8, 4) is 0 Å². The van der Waals surface area contributed by atoms with Gasteiger partial charge in [0.2, 0.25) is 0 Å². The molecule has 0 aromatic heterocycles. The Morgan fingerprint density at radius 2 is 1.00 bits per heavy atom. The maximum atomic E-state index is 6.85. The first-order chi connectivity index (χ1) is 20.8. The fraction of sp³-hybridized carbons (Fsp3) is 0.436. The van der Waals surface area contributed by atoms with Crippen molar-refractivity contribution >= 4 is 25.4 Å². The van der Waals surface area contributed by atoms with Crippen molar-refractivity contribution < 1.29 is 35.4 Å². The van der Waals surface area contributed by atoms with E-state index in [1.807, 2.05) is 30.7 Å². The van der Waals surface area contributed by atoms with Crippen LogP contribution in [0.4, 0.5) is 0 Å². The smallest absolute Gasteiger partial charge is 0.400 e. The van der Waals surface area contributed by atoms with Gasteiger partial charge in [0.15, 0.2) is 0 Å². The van der Waals surface area contributed by atoms with Crippen LogP contribution in [0.2, 0.25) is 0 Å². The Balaban J connectivity index is 0.000000628. The van der Waals surface area contributed by atoms with E-state index in [-0.39, 0.29) is 24.2 Å². The van der Waals surface area contributed by atoms with Crippen LogP contribution in [-0.2, 0) is 35.4 Å². The van der Waals surface area contributed by atoms with Crippen LogP contribution in [0.1, 0.15) is 85.8 Å². The first kappa shape index (κ1) is 36.7. The van der Waals surface area contributed by atoms with E-state index in [1.54, 1.807) is 0 Å². The average molecular weight is 663 g/mol. The third kappa shape index (κ3) is 6.61. The standard InChI is InChI=1S/C33H42B2O4.C5H5.CH3.Co/c1-30(2)31(3,4)37-34(36-30)28-25-21-15-20-24(25)26(22-16-11-9-12-17-22)29(27(28)23-18-13-10-14-19-23)35-38-32(5,6)33(7,8)39-35;1-2-4-5-3-1;;/h9-14,16-19,24-25H,15,20-21H2,1-8H3;1-5H;1H3;/q;;-1;/t24-,25+;;;/m1.../s1. The molecule has 7 heteroatoms. The summed E-state index contributed by atoms with van der Waals surface area (Å²) in [5.74, 6) is 0.680. The molecule has 2 heterocycles. The van der Waals surface area contributed by atoms with Crippen LogP contribution in [0.15, 0.2) is 95.9 Å². The van der Waals surface area contributed by atoms with Crippen LogP contribution in [0.3, 0.4) is 0 Å². The van der Waals surface area contributed by atoms with Gasteiger partial charge in [0.1, 0.15) is 0 Å². The number of hydrogen-bond donors (Lipinski definition) is 0. The zero-order valence-electron chi connectivity index (χ0n) is 29.1. The topological polar surface area (TPSA) is 36.9 Å². The summed E-state index contributed by atoms with van der Waals surface area (Å²) in [4.78, 5) is 0. The zero-order chi connectivity index (χ0) is 31.3. The number of rotatable bonds is 4. The van der Waals surface area contributed by atoms with Crippen molar-refractivity contribution in [1.29, 1.82) is 0 Å². The summed E-state index contributed by atoms with van der Waals surface area (Å²) in [5, 5.41) is 0. The second-order valence-electron chi connectivity index (χ2n) is 14.7. The minimum atomic E-state index is -0.501. The second kappa shape index (κ2) is 13.8. The monoisotopic (exact) mass is 663 g/mol. The van der Waals surface area contributed by atoms with E-state index in [1.165, 1.54) is 28.6 Å². The van der Waals surface area contributed by atoms with E-state index in [4.69, 9.17) is 18.6 Å². The van der Waals surface area contributed by atoms with Gasteiger partial charge in [0.25, 0.3) is 0 Å². The molecule has 0 spiro atoms. The summed E-state index contributed by atoms with van der Waals surface area (Å²) < 4.78 is 27.3. The largest absolute Gasteiger partial charge is 0.495 e.